The smallest absolute Gasteiger partial charge is 0.229 e. The zero-order valence-corrected chi connectivity index (χ0v) is 13.9. The minimum atomic E-state index is 0.391. The molecule has 3 atom stereocenters. The molecule has 2 bridgehead atoms. The fourth-order valence-electron chi connectivity index (χ4n) is 4.48. The summed E-state index contributed by atoms with van der Waals surface area (Å²) in [6.07, 6.45) is 7.65. The van der Waals surface area contributed by atoms with Crippen LogP contribution in [0.5, 0.6) is 0 Å². The van der Waals surface area contributed by atoms with Crippen molar-refractivity contribution in [3.8, 4) is 0 Å². The summed E-state index contributed by atoms with van der Waals surface area (Å²) >= 11 is 5.65. The molecular weight excluding hydrogens is 296 g/mol. The number of likely N-dealkylation sites (tertiary alicyclic amines) is 1. The maximum atomic E-state index is 5.65. The Morgan fingerprint density at radius 2 is 2.05 bits per heavy atom. The second kappa shape index (κ2) is 5.80. The van der Waals surface area contributed by atoms with Crippen molar-refractivity contribution in [1.29, 1.82) is 0 Å². The van der Waals surface area contributed by atoms with Gasteiger partial charge < -0.3 is 14.7 Å². The topological polar surface area (TPSA) is 54.2 Å². The lowest BCUT2D eigenvalue weighted by Gasteiger charge is -2.35. The second-order valence-corrected chi connectivity index (χ2v) is 7.56. The van der Waals surface area contributed by atoms with Gasteiger partial charge in [-0.25, -0.2) is 0 Å². The van der Waals surface area contributed by atoms with E-state index in [0.29, 0.717) is 12.0 Å². The largest absolute Gasteiger partial charge is 0.360 e. The zero-order chi connectivity index (χ0) is 15.1. The quantitative estimate of drug-likeness (QED) is 0.846. The first-order chi connectivity index (χ1) is 10.7. The van der Waals surface area contributed by atoms with Crippen molar-refractivity contribution in [2.45, 2.75) is 57.4 Å². The maximum Gasteiger partial charge on any atom is 0.229 e. The van der Waals surface area contributed by atoms with Crippen molar-refractivity contribution in [1.82, 2.24) is 20.4 Å². The monoisotopic (exact) mass is 320 g/mol. The van der Waals surface area contributed by atoms with Crippen molar-refractivity contribution in [3.05, 3.63) is 11.7 Å². The molecule has 1 aliphatic heterocycles. The Morgan fingerprint density at radius 3 is 2.64 bits per heavy atom. The molecule has 2 heterocycles. The van der Waals surface area contributed by atoms with Gasteiger partial charge in [-0.3, -0.25) is 0 Å². The number of piperidine rings is 1. The molecule has 4 rings (SSSR count). The molecule has 5 nitrogen and oxygen atoms in total. The van der Waals surface area contributed by atoms with Gasteiger partial charge in [0.25, 0.3) is 0 Å². The Bertz CT molecular complexity index is 552. The normalized spacial score (nSPS) is 31.7. The van der Waals surface area contributed by atoms with E-state index in [1.54, 1.807) is 0 Å². The van der Waals surface area contributed by atoms with Gasteiger partial charge in [0.2, 0.25) is 5.89 Å². The molecule has 0 spiro atoms. The third-order valence-electron chi connectivity index (χ3n) is 5.72. The number of thiocarbonyl (C=S) groups is 1. The van der Waals surface area contributed by atoms with Crippen LogP contribution in [-0.4, -0.2) is 39.3 Å². The van der Waals surface area contributed by atoms with Gasteiger partial charge in [0.05, 0.1) is 0 Å². The summed E-state index contributed by atoms with van der Waals surface area (Å²) < 4.78 is 5.31. The van der Waals surface area contributed by atoms with Gasteiger partial charge in [0.1, 0.15) is 0 Å². The van der Waals surface area contributed by atoms with Crippen molar-refractivity contribution in [2.75, 3.05) is 13.1 Å². The highest BCUT2D eigenvalue weighted by Gasteiger charge is 2.40. The lowest BCUT2D eigenvalue weighted by atomic mass is 9.95. The van der Waals surface area contributed by atoms with E-state index in [1.165, 1.54) is 25.7 Å². The number of fused-ring (bicyclic) bond motifs is 2. The average Bonchev–Trinajstić information content (AvgIpc) is 3.24. The van der Waals surface area contributed by atoms with Crippen LogP contribution in [-0.2, 0) is 0 Å². The first-order valence-corrected chi connectivity index (χ1v) is 8.95. The fourth-order valence-corrected chi connectivity index (χ4v) is 4.81. The van der Waals surface area contributed by atoms with E-state index < -0.39 is 0 Å². The number of nitrogens with one attached hydrogen (secondary N) is 1. The third kappa shape index (κ3) is 2.73. The van der Waals surface area contributed by atoms with Crippen LogP contribution in [0.2, 0.25) is 0 Å². The summed E-state index contributed by atoms with van der Waals surface area (Å²) in [6.45, 7) is 3.84. The molecule has 3 aliphatic rings. The average molecular weight is 320 g/mol. The number of hydrogen-bond donors (Lipinski definition) is 1. The molecule has 6 heteroatoms. The second-order valence-electron chi connectivity index (χ2n) is 7.17. The molecule has 120 valence electrons. The molecular formula is C16H24N4OS. The van der Waals surface area contributed by atoms with E-state index in [4.69, 9.17) is 16.7 Å². The lowest BCUT2D eigenvalue weighted by molar-refractivity contribution is 0.259. The Labute approximate surface area is 136 Å². The third-order valence-corrected chi connectivity index (χ3v) is 6.10. The molecule has 0 unspecified atom stereocenters. The Balaban J connectivity index is 1.29. The van der Waals surface area contributed by atoms with Crippen LogP contribution in [0.15, 0.2) is 4.52 Å². The molecule has 1 N–H and O–H groups in total. The Morgan fingerprint density at radius 1 is 1.23 bits per heavy atom. The van der Waals surface area contributed by atoms with Crippen LogP contribution in [0.25, 0.3) is 0 Å². The van der Waals surface area contributed by atoms with Gasteiger partial charge in [-0.1, -0.05) is 11.6 Å². The maximum absolute atomic E-state index is 5.65. The van der Waals surface area contributed by atoms with Gasteiger partial charge in [-0.05, 0) is 63.1 Å². The van der Waals surface area contributed by atoms with Crippen LogP contribution in [0.1, 0.15) is 56.2 Å². The molecule has 3 fully saturated rings. The highest BCUT2D eigenvalue weighted by molar-refractivity contribution is 7.80. The predicted octanol–water partition coefficient (Wildman–Crippen LogP) is 2.62. The Kier molecular flexibility index (Phi) is 3.80. The van der Waals surface area contributed by atoms with Crippen LogP contribution in [0, 0.1) is 18.8 Å². The first kappa shape index (κ1) is 14.4. The summed E-state index contributed by atoms with van der Waals surface area (Å²) in [5, 5.41) is 8.50. The van der Waals surface area contributed by atoms with Crippen molar-refractivity contribution < 1.29 is 4.52 Å². The standard InChI is InChI=1S/C16H24N4OS/c1-10-17-15(21-19-10)12-4-6-20(7-5-12)16(22)18-14-9-11-2-3-13(14)8-11/h11-14H,2-9H2,1H3,(H,18,22)/t11-,13-,14-/m0/s1. The minimum absolute atomic E-state index is 0.391. The van der Waals surface area contributed by atoms with Gasteiger partial charge >= 0.3 is 0 Å². The summed E-state index contributed by atoms with van der Waals surface area (Å²) in [4.78, 5) is 6.69. The van der Waals surface area contributed by atoms with Gasteiger partial charge in [-0.15, -0.1) is 0 Å². The summed E-state index contributed by atoms with van der Waals surface area (Å²) in [7, 11) is 0. The minimum Gasteiger partial charge on any atom is -0.360 e. The van der Waals surface area contributed by atoms with E-state index in [2.05, 4.69) is 20.4 Å². The van der Waals surface area contributed by atoms with E-state index in [0.717, 1.165) is 54.6 Å². The van der Waals surface area contributed by atoms with Crippen LogP contribution in [0.3, 0.4) is 0 Å². The zero-order valence-electron chi connectivity index (χ0n) is 13.1. The SMILES string of the molecule is Cc1noc(C2CCN(C(=S)N[C@H]3C[C@H]4CC[C@H]3C4)CC2)n1. The summed E-state index contributed by atoms with van der Waals surface area (Å²) in [6, 6.07) is 0.627. The molecule has 0 radical (unpaired) electrons. The molecule has 2 saturated carbocycles. The molecule has 0 amide bonds. The molecule has 2 aliphatic carbocycles. The van der Waals surface area contributed by atoms with E-state index in [1.807, 2.05) is 6.92 Å². The highest BCUT2D eigenvalue weighted by Crippen LogP contribution is 2.44. The molecule has 22 heavy (non-hydrogen) atoms. The van der Waals surface area contributed by atoms with Crippen molar-refractivity contribution in [3.63, 3.8) is 0 Å². The molecule has 1 saturated heterocycles. The molecule has 1 aromatic rings. The molecule has 1 aromatic heterocycles. The number of rotatable bonds is 2. The number of aryl methyl sites for hydroxylation is 1. The van der Waals surface area contributed by atoms with E-state index in [9.17, 15) is 0 Å². The van der Waals surface area contributed by atoms with Gasteiger partial charge in [-0.2, -0.15) is 4.98 Å². The van der Waals surface area contributed by atoms with Crippen molar-refractivity contribution >= 4 is 17.3 Å². The lowest BCUT2D eigenvalue weighted by Crippen LogP contribution is -2.48. The van der Waals surface area contributed by atoms with Gasteiger partial charge in [0.15, 0.2) is 10.9 Å². The highest BCUT2D eigenvalue weighted by atomic mass is 32.1. The number of hydrogen-bond acceptors (Lipinski definition) is 4. The van der Waals surface area contributed by atoms with Crippen molar-refractivity contribution in [2.24, 2.45) is 11.8 Å². The molecule has 0 aromatic carbocycles. The Hall–Kier alpha value is -1.17. The summed E-state index contributed by atoms with van der Waals surface area (Å²) in [5.41, 5.74) is 0. The van der Waals surface area contributed by atoms with E-state index in [-0.39, 0.29) is 0 Å². The van der Waals surface area contributed by atoms with Crippen LogP contribution >= 0.6 is 12.2 Å². The van der Waals surface area contributed by atoms with Gasteiger partial charge in [0, 0.05) is 25.0 Å². The predicted molar refractivity (Wildman–Crippen MR) is 87.6 cm³/mol. The fraction of sp³-hybridized carbons (Fsp3) is 0.812. The number of aromatic nitrogens is 2. The van der Waals surface area contributed by atoms with Crippen LogP contribution < -0.4 is 5.32 Å². The van der Waals surface area contributed by atoms with E-state index >= 15 is 0 Å². The summed E-state index contributed by atoms with van der Waals surface area (Å²) in [5.74, 6) is 3.73. The van der Waals surface area contributed by atoms with Crippen LogP contribution in [0.4, 0.5) is 0 Å². The number of nitrogens with zero attached hydrogens (tertiary/aromatic N) is 3. The first-order valence-electron chi connectivity index (χ1n) is 8.54.